The van der Waals surface area contributed by atoms with Crippen molar-refractivity contribution in [3.05, 3.63) is 66.1 Å². The molecule has 1 atom stereocenters. The molecule has 0 spiro atoms. The van der Waals surface area contributed by atoms with Gasteiger partial charge in [0.1, 0.15) is 11.3 Å². The predicted molar refractivity (Wildman–Crippen MR) is 84.6 cm³/mol. The third kappa shape index (κ3) is 3.32. The average Bonchev–Trinajstić information content (AvgIpc) is 3.24. The highest BCUT2D eigenvalue weighted by Gasteiger charge is 2.24. The summed E-state index contributed by atoms with van der Waals surface area (Å²) in [5, 5.41) is 19.9. The van der Waals surface area contributed by atoms with Gasteiger partial charge in [0, 0.05) is 6.07 Å². The topological polar surface area (TPSA) is 91.1 Å². The summed E-state index contributed by atoms with van der Waals surface area (Å²) in [7, 11) is 0. The van der Waals surface area contributed by atoms with E-state index >= 15 is 0 Å². The maximum absolute atomic E-state index is 12.2. The lowest BCUT2D eigenvalue weighted by Gasteiger charge is -2.23. The Morgan fingerprint density at radius 1 is 1.30 bits per heavy atom. The summed E-state index contributed by atoms with van der Waals surface area (Å²) in [6, 6.07) is 14.3. The van der Waals surface area contributed by atoms with Gasteiger partial charge in [0.25, 0.3) is 5.91 Å². The van der Waals surface area contributed by atoms with E-state index in [1.807, 2.05) is 30.3 Å². The molecule has 0 aliphatic heterocycles. The number of benzene rings is 1. The lowest BCUT2D eigenvalue weighted by Crippen LogP contribution is -2.38. The van der Waals surface area contributed by atoms with E-state index in [2.05, 4.69) is 15.5 Å². The van der Waals surface area contributed by atoms with Gasteiger partial charge in [-0.2, -0.15) is 5.10 Å². The van der Waals surface area contributed by atoms with E-state index in [4.69, 9.17) is 4.42 Å². The zero-order valence-corrected chi connectivity index (χ0v) is 12.6. The first-order chi connectivity index (χ1) is 11.1. The van der Waals surface area contributed by atoms with Gasteiger partial charge in [-0.15, -0.1) is 0 Å². The lowest BCUT2D eigenvalue weighted by atomic mass is 9.96. The van der Waals surface area contributed by atoms with Crippen molar-refractivity contribution in [1.82, 2.24) is 15.5 Å². The number of hydrogen-bond donors (Lipinski definition) is 3. The molecule has 118 valence electrons. The van der Waals surface area contributed by atoms with Gasteiger partial charge >= 0.3 is 0 Å². The molecule has 2 heterocycles. The normalized spacial score (nSPS) is 13.5. The highest BCUT2D eigenvalue weighted by molar-refractivity contribution is 5.93. The number of aliphatic hydroxyl groups is 1. The number of aromatic nitrogens is 2. The van der Waals surface area contributed by atoms with Crippen LogP contribution in [0.5, 0.6) is 0 Å². The van der Waals surface area contributed by atoms with Gasteiger partial charge < -0.3 is 14.8 Å². The second-order valence-corrected chi connectivity index (χ2v) is 5.47. The van der Waals surface area contributed by atoms with Gasteiger partial charge in [0.05, 0.1) is 12.8 Å². The minimum Gasteiger partial charge on any atom is -0.463 e. The fourth-order valence-electron chi connectivity index (χ4n) is 2.24. The highest BCUT2D eigenvalue weighted by atomic mass is 16.3. The molecule has 6 nitrogen and oxygen atoms in total. The summed E-state index contributed by atoms with van der Waals surface area (Å²) in [4.78, 5) is 12.2. The molecule has 0 fully saturated rings. The molecule has 0 aliphatic rings. The van der Waals surface area contributed by atoms with Crippen LogP contribution in [-0.2, 0) is 5.60 Å². The zero-order valence-electron chi connectivity index (χ0n) is 12.6. The molecule has 6 heteroatoms. The molecule has 0 saturated carbocycles. The molecule has 3 N–H and O–H groups in total. The molecule has 3 aromatic rings. The Bertz CT molecular complexity index is 777. The molecule has 0 aliphatic carbocycles. The first kappa shape index (κ1) is 15.1. The Hall–Kier alpha value is -2.86. The number of carbonyl (C=O) groups excluding carboxylic acids is 1. The summed E-state index contributed by atoms with van der Waals surface area (Å²) >= 11 is 0. The first-order valence-electron chi connectivity index (χ1n) is 7.22. The van der Waals surface area contributed by atoms with E-state index in [1.165, 1.54) is 0 Å². The quantitative estimate of drug-likeness (QED) is 0.674. The van der Waals surface area contributed by atoms with Crippen LogP contribution < -0.4 is 5.32 Å². The van der Waals surface area contributed by atoms with Crippen LogP contribution in [0.15, 0.2) is 59.2 Å². The van der Waals surface area contributed by atoms with Crippen LogP contribution in [-0.4, -0.2) is 27.8 Å². The average molecular weight is 311 g/mol. The van der Waals surface area contributed by atoms with Crippen LogP contribution in [0, 0.1) is 0 Å². The zero-order chi connectivity index (χ0) is 16.3. The number of nitrogens with zero attached hydrogens (tertiary/aromatic N) is 1. The summed E-state index contributed by atoms with van der Waals surface area (Å²) in [5.74, 6) is 0.239. The number of furan rings is 1. The van der Waals surface area contributed by atoms with Gasteiger partial charge in [-0.1, -0.05) is 30.3 Å². The van der Waals surface area contributed by atoms with E-state index in [-0.39, 0.29) is 18.1 Å². The monoisotopic (exact) mass is 311 g/mol. The number of hydrogen-bond acceptors (Lipinski definition) is 4. The van der Waals surface area contributed by atoms with Crippen molar-refractivity contribution in [2.75, 3.05) is 6.54 Å². The maximum Gasteiger partial charge on any atom is 0.271 e. The molecule has 1 amide bonds. The van der Waals surface area contributed by atoms with Crippen molar-refractivity contribution in [3.8, 4) is 11.5 Å². The van der Waals surface area contributed by atoms with Crippen LogP contribution in [0.1, 0.15) is 23.0 Å². The molecular formula is C17H17N3O3. The SMILES string of the molecule is CC(O)(CNC(=O)c1cc(-c2ccco2)[nH]n1)c1ccccc1. The highest BCUT2D eigenvalue weighted by Crippen LogP contribution is 2.20. The number of aromatic amines is 1. The van der Waals surface area contributed by atoms with Crippen molar-refractivity contribution in [1.29, 1.82) is 0 Å². The Balaban J connectivity index is 1.66. The van der Waals surface area contributed by atoms with Crippen molar-refractivity contribution in [2.24, 2.45) is 0 Å². The predicted octanol–water partition coefficient (Wildman–Crippen LogP) is 2.31. The Morgan fingerprint density at radius 3 is 2.78 bits per heavy atom. The second-order valence-electron chi connectivity index (χ2n) is 5.47. The van der Waals surface area contributed by atoms with Crippen LogP contribution in [0.25, 0.3) is 11.5 Å². The Morgan fingerprint density at radius 2 is 2.09 bits per heavy atom. The third-order valence-electron chi connectivity index (χ3n) is 3.59. The van der Waals surface area contributed by atoms with Gasteiger partial charge in [-0.05, 0) is 24.6 Å². The van der Waals surface area contributed by atoms with Gasteiger partial charge in [0.15, 0.2) is 11.5 Å². The molecule has 1 aromatic carbocycles. The first-order valence-corrected chi connectivity index (χ1v) is 7.22. The van der Waals surface area contributed by atoms with Crippen LogP contribution in [0.2, 0.25) is 0 Å². The van der Waals surface area contributed by atoms with Crippen LogP contribution >= 0.6 is 0 Å². The Kier molecular flexibility index (Phi) is 3.99. The second kappa shape index (κ2) is 6.10. The number of amides is 1. The van der Waals surface area contributed by atoms with Gasteiger partial charge in [-0.3, -0.25) is 9.89 Å². The summed E-state index contributed by atoms with van der Waals surface area (Å²) in [6.07, 6.45) is 1.55. The molecule has 2 aromatic heterocycles. The van der Waals surface area contributed by atoms with Crippen LogP contribution in [0.3, 0.4) is 0 Å². The van der Waals surface area contributed by atoms with E-state index in [9.17, 15) is 9.90 Å². The van der Waals surface area contributed by atoms with Crippen molar-refractivity contribution in [2.45, 2.75) is 12.5 Å². The van der Waals surface area contributed by atoms with Gasteiger partial charge in [-0.25, -0.2) is 0 Å². The van der Waals surface area contributed by atoms with E-state index in [1.54, 1.807) is 31.4 Å². The molecular weight excluding hydrogens is 294 g/mol. The largest absolute Gasteiger partial charge is 0.463 e. The molecule has 0 saturated heterocycles. The summed E-state index contributed by atoms with van der Waals surface area (Å²) in [6.45, 7) is 1.74. The summed E-state index contributed by atoms with van der Waals surface area (Å²) in [5.41, 5.74) is 0.436. The molecule has 23 heavy (non-hydrogen) atoms. The molecule has 0 bridgehead atoms. The minimum atomic E-state index is -1.16. The third-order valence-corrected chi connectivity index (χ3v) is 3.59. The smallest absolute Gasteiger partial charge is 0.271 e. The lowest BCUT2D eigenvalue weighted by molar-refractivity contribution is 0.0525. The number of H-pyrrole nitrogens is 1. The standard InChI is InChI=1S/C17H17N3O3/c1-17(22,12-6-3-2-4-7-12)11-18-16(21)14-10-13(19-20-14)15-8-5-9-23-15/h2-10,22H,11H2,1H3,(H,18,21)(H,19,20). The molecule has 3 rings (SSSR count). The van der Waals surface area contributed by atoms with E-state index < -0.39 is 5.60 Å². The van der Waals surface area contributed by atoms with E-state index in [0.29, 0.717) is 11.5 Å². The summed E-state index contributed by atoms with van der Waals surface area (Å²) < 4.78 is 5.24. The van der Waals surface area contributed by atoms with Crippen molar-refractivity contribution >= 4 is 5.91 Å². The maximum atomic E-state index is 12.2. The molecule has 1 unspecified atom stereocenters. The fraction of sp³-hybridized carbons (Fsp3) is 0.176. The van der Waals surface area contributed by atoms with Gasteiger partial charge in [0.2, 0.25) is 0 Å². The Labute approximate surface area is 133 Å². The van der Waals surface area contributed by atoms with E-state index in [0.717, 1.165) is 5.56 Å². The number of carbonyl (C=O) groups is 1. The fourth-order valence-corrected chi connectivity index (χ4v) is 2.24. The molecule has 0 radical (unpaired) electrons. The van der Waals surface area contributed by atoms with Crippen LogP contribution in [0.4, 0.5) is 0 Å². The van der Waals surface area contributed by atoms with Crippen molar-refractivity contribution < 1.29 is 14.3 Å². The van der Waals surface area contributed by atoms with Crippen molar-refractivity contribution in [3.63, 3.8) is 0 Å². The number of rotatable bonds is 5. The number of nitrogens with one attached hydrogen (secondary N) is 2. The minimum absolute atomic E-state index is 0.0821.